The van der Waals surface area contributed by atoms with Gasteiger partial charge in [-0.2, -0.15) is 0 Å². The van der Waals surface area contributed by atoms with Crippen molar-refractivity contribution in [3.8, 4) is 0 Å². The first-order valence-electron chi connectivity index (χ1n) is 8.13. The summed E-state index contributed by atoms with van der Waals surface area (Å²) in [4.78, 5) is 5.34. The number of nitrogens with zero attached hydrogens (tertiary/aromatic N) is 2. The molecule has 0 aromatic carbocycles. The third kappa shape index (κ3) is 5.73. The minimum Gasteiger partial charge on any atom is -0.304 e. The molecule has 2 nitrogen and oxygen atoms in total. The molecule has 2 aliphatic heterocycles. The van der Waals surface area contributed by atoms with E-state index in [9.17, 15) is 0 Å². The Hall–Kier alpha value is 1.02. The van der Waals surface area contributed by atoms with Gasteiger partial charge in [0.1, 0.15) is 0 Å². The van der Waals surface area contributed by atoms with Gasteiger partial charge in [-0.25, -0.2) is 0 Å². The van der Waals surface area contributed by atoms with Crippen LogP contribution in [-0.4, -0.2) is 49.1 Å². The molecule has 1 radical (unpaired) electrons. The van der Waals surface area contributed by atoms with Crippen molar-refractivity contribution < 1.29 is 32.7 Å². The van der Waals surface area contributed by atoms with Crippen molar-refractivity contribution in [2.24, 2.45) is 17.8 Å². The summed E-state index contributed by atoms with van der Waals surface area (Å²) in [5.74, 6) is 2.85. The van der Waals surface area contributed by atoms with E-state index in [2.05, 4.69) is 30.6 Å². The summed E-state index contributed by atoms with van der Waals surface area (Å²) in [6, 6.07) is 0. The molecule has 0 bridgehead atoms. The maximum absolute atomic E-state index is 2.74. The van der Waals surface area contributed by atoms with Gasteiger partial charge in [-0.05, 0) is 76.2 Å². The van der Waals surface area contributed by atoms with Crippen molar-refractivity contribution in [2.45, 2.75) is 46.5 Å². The molecule has 0 amide bonds. The average molecular weight is 341 g/mol. The Bertz CT molecular complexity index is 229. The number of hydrogen-bond acceptors (Lipinski definition) is 2. The largest absolute Gasteiger partial charge is 0.304 e. The summed E-state index contributed by atoms with van der Waals surface area (Å²) in [6.45, 7) is 15.1. The first kappa shape index (κ1) is 18.1. The zero-order valence-corrected chi connectivity index (χ0v) is 16.1. The predicted molar refractivity (Wildman–Crippen MR) is 78.8 cm³/mol. The standard InChI is InChI=1S/C16H32N2.Y/c1-4-17-9-5-15(6-10-17)13-18-11-7-16(8-12-18)14(2)3;/h14-16H,4-13H2,1-3H3;. The summed E-state index contributed by atoms with van der Waals surface area (Å²) in [6.07, 6.45) is 5.73. The zero-order valence-electron chi connectivity index (χ0n) is 13.3. The molecule has 0 saturated carbocycles. The first-order valence-corrected chi connectivity index (χ1v) is 8.13. The second kappa shape index (κ2) is 9.13. The quantitative estimate of drug-likeness (QED) is 0.775. The molecule has 0 N–H and O–H groups in total. The smallest absolute Gasteiger partial charge is 0.00106 e. The van der Waals surface area contributed by atoms with Crippen LogP contribution in [0, 0.1) is 17.8 Å². The number of likely N-dealkylation sites (tertiary alicyclic amines) is 2. The molecule has 0 aromatic rings. The molecular formula is C16H32N2Y. The van der Waals surface area contributed by atoms with Gasteiger partial charge in [0.25, 0.3) is 0 Å². The van der Waals surface area contributed by atoms with Crippen LogP contribution in [0.15, 0.2) is 0 Å². The molecule has 0 unspecified atom stereocenters. The van der Waals surface area contributed by atoms with Crippen LogP contribution in [0.2, 0.25) is 0 Å². The molecule has 2 heterocycles. The van der Waals surface area contributed by atoms with Crippen LogP contribution in [0.1, 0.15) is 46.5 Å². The molecule has 3 heteroatoms. The van der Waals surface area contributed by atoms with E-state index < -0.39 is 0 Å². The number of hydrogen-bond donors (Lipinski definition) is 0. The van der Waals surface area contributed by atoms with E-state index in [4.69, 9.17) is 0 Å². The van der Waals surface area contributed by atoms with Gasteiger partial charge < -0.3 is 9.80 Å². The van der Waals surface area contributed by atoms with Gasteiger partial charge in [0.15, 0.2) is 0 Å². The van der Waals surface area contributed by atoms with Gasteiger partial charge in [0.05, 0.1) is 0 Å². The molecule has 2 fully saturated rings. The van der Waals surface area contributed by atoms with Gasteiger partial charge >= 0.3 is 0 Å². The molecule has 0 aliphatic carbocycles. The Kier molecular flexibility index (Phi) is 8.68. The molecule has 0 aromatic heterocycles. The van der Waals surface area contributed by atoms with E-state index in [0.717, 1.165) is 17.8 Å². The molecule has 0 atom stereocenters. The second-order valence-corrected chi connectivity index (χ2v) is 6.76. The van der Waals surface area contributed by atoms with Crippen molar-refractivity contribution in [3.63, 3.8) is 0 Å². The summed E-state index contributed by atoms with van der Waals surface area (Å²) in [5, 5.41) is 0. The van der Waals surface area contributed by atoms with E-state index in [1.165, 1.54) is 65.0 Å². The average Bonchev–Trinajstić information content (AvgIpc) is 2.40. The molecule has 2 rings (SSSR count). The van der Waals surface area contributed by atoms with E-state index in [1.807, 2.05) is 0 Å². The summed E-state index contributed by atoms with van der Waals surface area (Å²) in [5.41, 5.74) is 0. The first-order chi connectivity index (χ1) is 8.69. The summed E-state index contributed by atoms with van der Waals surface area (Å²) in [7, 11) is 0. The van der Waals surface area contributed by atoms with E-state index >= 15 is 0 Å². The van der Waals surface area contributed by atoms with E-state index in [1.54, 1.807) is 0 Å². The van der Waals surface area contributed by atoms with Crippen molar-refractivity contribution >= 4 is 0 Å². The van der Waals surface area contributed by atoms with Crippen molar-refractivity contribution in [2.75, 3.05) is 39.3 Å². The Labute approximate surface area is 145 Å². The van der Waals surface area contributed by atoms with Crippen LogP contribution in [0.25, 0.3) is 0 Å². The number of piperidine rings is 2. The fraction of sp³-hybridized carbons (Fsp3) is 1.00. The van der Waals surface area contributed by atoms with E-state index in [0.29, 0.717) is 0 Å². The van der Waals surface area contributed by atoms with Crippen molar-refractivity contribution in [1.29, 1.82) is 0 Å². The molecule has 109 valence electrons. The van der Waals surface area contributed by atoms with Crippen molar-refractivity contribution in [3.05, 3.63) is 0 Å². The molecule has 2 aliphatic rings. The van der Waals surface area contributed by atoms with Gasteiger partial charge in [-0.1, -0.05) is 20.8 Å². The van der Waals surface area contributed by atoms with Gasteiger partial charge in [0, 0.05) is 39.3 Å². The predicted octanol–water partition coefficient (Wildman–Crippen LogP) is 3.08. The minimum atomic E-state index is 0. The number of rotatable bonds is 4. The molecule has 2 saturated heterocycles. The third-order valence-corrected chi connectivity index (χ3v) is 5.25. The normalized spacial score (nSPS) is 24.6. The van der Waals surface area contributed by atoms with E-state index in [-0.39, 0.29) is 32.7 Å². The fourth-order valence-corrected chi connectivity index (χ4v) is 3.65. The third-order valence-electron chi connectivity index (χ3n) is 5.25. The Morgan fingerprint density at radius 3 is 1.89 bits per heavy atom. The molecule has 19 heavy (non-hydrogen) atoms. The molecule has 0 spiro atoms. The maximum atomic E-state index is 2.74. The zero-order chi connectivity index (χ0) is 13.0. The minimum absolute atomic E-state index is 0. The summed E-state index contributed by atoms with van der Waals surface area (Å²) < 4.78 is 0. The van der Waals surface area contributed by atoms with Gasteiger partial charge in [0.2, 0.25) is 0 Å². The Morgan fingerprint density at radius 1 is 0.895 bits per heavy atom. The monoisotopic (exact) mass is 341 g/mol. The van der Waals surface area contributed by atoms with Crippen LogP contribution < -0.4 is 0 Å². The van der Waals surface area contributed by atoms with Gasteiger partial charge in [-0.15, -0.1) is 0 Å². The van der Waals surface area contributed by atoms with Crippen LogP contribution >= 0.6 is 0 Å². The topological polar surface area (TPSA) is 6.48 Å². The SMILES string of the molecule is CCN1CCC(CN2CCC(C(C)C)CC2)CC1.[Y]. The van der Waals surface area contributed by atoms with Crippen LogP contribution in [0.4, 0.5) is 0 Å². The second-order valence-electron chi connectivity index (χ2n) is 6.76. The fourth-order valence-electron chi connectivity index (χ4n) is 3.65. The Morgan fingerprint density at radius 2 is 1.42 bits per heavy atom. The van der Waals surface area contributed by atoms with Gasteiger partial charge in [-0.3, -0.25) is 0 Å². The van der Waals surface area contributed by atoms with Crippen LogP contribution in [-0.2, 0) is 32.7 Å². The maximum Gasteiger partial charge on any atom is 0.00106 e. The van der Waals surface area contributed by atoms with Crippen LogP contribution in [0.3, 0.4) is 0 Å². The van der Waals surface area contributed by atoms with Crippen LogP contribution in [0.5, 0.6) is 0 Å². The van der Waals surface area contributed by atoms with Crippen molar-refractivity contribution in [1.82, 2.24) is 9.80 Å². The summed E-state index contributed by atoms with van der Waals surface area (Å²) >= 11 is 0. The Balaban J connectivity index is 0.00000180. The molecular weight excluding hydrogens is 309 g/mol.